The van der Waals surface area contributed by atoms with Gasteiger partial charge < -0.3 is 5.32 Å². The first-order valence-electron chi connectivity index (χ1n) is 11.3. The van der Waals surface area contributed by atoms with Gasteiger partial charge in [-0.1, -0.05) is 60.7 Å². The van der Waals surface area contributed by atoms with Crippen molar-refractivity contribution in [3.63, 3.8) is 0 Å². The molecule has 0 spiro atoms. The molecule has 1 aliphatic rings. The highest BCUT2D eigenvalue weighted by Crippen LogP contribution is 2.38. The quantitative estimate of drug-likeness (QED) is 0.558. The zero-order valence-electron chi connectivity index (χ0n) is 18.7. The van der Waals surface area contributed by atoms with Gasteiger partial charge in [0.2, 0.25) is 0 Å². The molecule has 178 valence electrons. The maximum absolute atomic E-state index is 14.0. The summed E-state index contributed by atoms with van der Waals surface area (Å²) in [6.07, 6.45) is 0.923. The first-order valence-corrected chi connectivity index (χ1v) is 11.3. The van der Waals surface area contributed by atoms with Gasteiger partial charge in [0.05, 0.1) is 6.20 Å². The Morgan fingerprint density at radius 3 is 2.24 bits per heavy atom. The van der Waals surface area contributed by atoms with Crippen molar-refractivity contribution >= 4 is 5.91 Å². The average Bonchev–Trinajstić information content (AvgIpc) is 2.87. The number of aromatic nitrogens is 2. The van der Waals surface area contributed by atoms with Crippen molar-refractivity contribution in [2.75, 3.05) is 19.6 Å². The number of halogens is 3. The van der Waals surface area contributed by atoms with E-state index in [-0.39, 0.29) is 31.1 Å². The summed E-state index contributed by atoms with van der Waals surface area (Å²) in [5, 5.41) is 2.94. The van der Waals surface area contributed by atoms with Crippen molar-refractivity contribution in [3.8, 4) is 0 Å². The number of hydrogen-bond acceptors (Lipinski definition) is 4. The number of carbonyl (C=O) groups excluding carboxylic acids is 1. The van der Waals surface area contributed by atoms with Crippen LogP contribution in [-0.2, 0) is 11.8 Å². The van der Waals surface area contributed by atoms with Gasteiger partial charge in [0.1, 0.15) is 11.7 Å². The molecule has 0 aliphatic carbocycles. The maximum atomic E-state index is 14.0. The number of hydrogen-bond donors (Lipinski definition) is 1. The highest BCUT2D eigenvalue weighted by atomic mass is 19.4. The van der Waals surface area contributed by atoms with E-state index in [2.05, 4.69) is 15.3 Å². The van der Waals surface area contributed by atoms with Crippen molar-refractivity contribution < 1.29 is 18.0 Å². The Kier molecular flexibility index (Phi) is 7.26. The molecule has 1 atom stereocenters. The highest BCUT2D eigenvalue weighted by molar-refractivity contribution is 5.91. The molecule has 1 N–H and O–H groups in total. The Morgan fingerprint density at radius 1 is 1.00 bits per heavy atom. The van der Waals surface area contributed by atoms with Crippen LogP contribution in [0.25, 0.3) is 0 Å². The van der Waals surface area contributed by atoms with E-state index in [4.69, 9.17) is 0 Å². The monoisotopic (exact) mass is 468 g/mol. The third-order valence-corrected chi connectivity index (χ3v) is 6.61. The minimum atomic E-state index is -4.33. The van der Waals surface area contributed by atoms with Gasteiger partial charge in [-0.2, -0.15) is 13.2 Å². The van der Waals surface area contributed by atoms with Gasteiger partial charge in [0.25, 0.3) is 5.91 Å². The first-order chi connectivity index (χ1) is 16.4. The summed E-state index contributed by atoms with van der Waals surface area (Å²) in [6.45, 7) is 0.884. The molecule has 2 aromatic carbocycles. The van der Waals surface area contributed by atoms with E-state index in [1.807, 2.05) is 30.3 Å². The molecule has 34 heavy (non-hydrogen) atoms. The van der Waals surface area contributed by atoms with Crippen molar-refractivity contribution in [2.45, 2.75) is 36.9 Å². The Morgan fingerprint density at radius 2 is 1.65 bits per heavy atom. The molecule has 1 aromatic heterocycles. The molecule has 0 saturated carbocycles. The molecule has 3 aromatic rings. The zero-order chi connectivity index (χ0) is 24.0. The van der Waals surface area contributed by atoms with E-state index >= 15 is 0 Å². The van der Waals surface area contributed by atoms with Crippen LogP contribution in [0.1, 0.15) is 34.5 Å². The van der Waals surface area contributed by atoms with E-state index < -0.39 is 17.6 Å². The van der Waals surface area contributed by atoms with Gasteiger partial charge >= 0.3 is 6.18 Å². The minimum absolute atomic E-state index is 0.0773. The van der Waals surface area contributed by atoms with E-state index in [1.54, 1.807) is 35.2 Å². The lowest BCUT2D eigenvalue weighted by molar-refractivity contribution is -0.187. The van der Waals surface area contributed by atoms with Crippen LogP contribution in [0.4, 0.5) is 13.2 Å². The lowest BCUT2D eigenvalue weighted by Crippen LogP contribution is -2.55. The number of nitrogens with one attached hydrogen (secondary N) is 1. The van der Waals surface area contributed by atoms with Gasteiger partial charge in [0.15, 0.2) is 0 Å². The number of nitrogens with zero attached hydrogens (tertiary/aromatic N) is 3. The van der Waals surface area contributed by atoms with Crippen molar-refractivity contribution in [1.29, 1.82) is 0 Å². The summed E-state index contributed by atoms with van der Waals surface area (Å²) < 4.78 is 42.1. The van der Waals surface area contributed by atoms with Crippen molar-refractivity contribution in [2.24, 2.45) is 0 Å². The predicted octanol–water partition coefficient (Wildman–Crippen LogP) is 4.41. The summed E-state index contributed by atoms with van der Waals surface area (Å²) in [5.74, 6) is -0.344. The Balaban J connectivity index is 1.51. The molecular formula is C26H27F3N4O. The topological polar surface area (TPSA) is 58.1 Å². The Labute approximate surface area is 197 Å². The Hall–Kier alpha value is -3.26. The zero-order valence-corrected chi connectivity index (χ0v) is 18.7. The second-order valence-corrected chi connectivity index (χ2v) is 8.70. The molecule has 1 unspecified atom stereocenters. The van der Waals surface area contributed by atoms with Gasteiger partial charge in [-0.15, -0.1) is 0 Å². The second-order valence-electron chi connectivity index (χ2n) is 8.70. The smallest absolute Gasteiger partial charge is 0.350 e. The van der Waals surface area contributed by atoms with E-state index in [9.17, 15) is 18.0 Å². The van der Waals surface area contributed by atoms with Crippen LogP contribution >= 0.6 is 0 Å². The third-order valence-electron chi connectivity index (χ3n) is 6.61. The minimum Gasteiger partial charge on any atom is -0.350 e. The summed E-state index contributed by atoms with van der Waals surface area (Å²) in [5.41, 5.74) is 1.43. The normalized spacial score (nSPS) is 17.1. The molecule has 1 fully saturated rings. The fraction of sp³-hybridized carbons (Fsp3) is 0.346. The van der Waals surface area contributed by atoms with Crippen molar-refractivity contribution in [1.82, 2.24) is 20.2 Å². The van der Waals surface area contributed by atoms with E-state index in [0.717, 1.165) is 5.56 Å². The number of benzene rings is 2. The SMILES string of the molecule is O=C(NCC1(c2ccccc2)CCN(C(Cc2ccccc2)C(F)(F)F)CC1)c1cnccn1. The van der Waals surface area contributed by atoms with Crippen LogP contribution in [0.2, 0.25) is 0 Å². The number of piperidine rings is 1. The molecule has 0 bridgehead atoms. The van der Waals surface area contributed by atoms with Crippen LogP contribution in [0.15, 0.2) is 79.3 Å². The van der Waals surface area contributed by atoms with Crippen LogP contribution in [0.3, 0.4) is 0 Å². The lowest BCUT2D eigenvalue weighted by atomic mass is 9.72. The van der Waals surface area contributed by atoms with Gasteiger partial charge in [-0.05, 0) is 43.5 Å². The van der Waals surface area contributed by atoms with Gasteiger partial charge in [0, 0.05) is 24.4 Å². The number of alkyl halides is 3. The molecule has 5 nitrogen and oxygen atoms in total. The Bertz CT molecular complexity index is 1050. The summed E-state index contributed by atoms with van der Waals surface area (Å²) in [7, 11) is 0. The molecule has 0 radical (unpaired) electrons. The first kappa shape index (κ1) is 23.9. The number of rotatable bonds is 7. The summed E-state index contributed by atoms with van der Waals surface area (Å²) in [4.78, 5) is 22.1. The number of amides is 1. The average molecular weight is 469 g/mol. The second kappa shape index (κ2) is 10.3. The highest BCUT2D eigenvalue weighted by Gasteiger charge is 2.46. The molecule has 1 saturated heterocycles. The largest absolute Gasteiger partial charge is 0.404 e. The lowest BCUT2D eigenvalue weighted by Gasteiger charge is -2.45. The molecule has 4 rings (SSSR count). The summed E-state index contributed by atoms with van der Waals surface area (Å²) >= 11 is 0. The van der Waals surface area contributed by atoms with Crippen LogP contribution in [-0.4, -0.2) is 52.6 Å². The van der Waals surface area contributed by atoms with Crippen LogP contribution < -0.4 is 5.32 Å². The maximum Gasteiger partial charge on any atom is 0.404 e. The molecule has 8 heteroatoms. The van der Waals surface area contributed by atoms with Gasteiger partial charge in [-0.3, -0.25) is 14.7 Å². The fourth-order valence-electron chi connectivity index (χ4n) is 4.67. The number of carbonyl (C=O) groups is 1. The van der Waals surface area contributed by atoms with Crippen molar-refractivity contribution in [3.05, 3.63) is 96.1 Å². The predicted molar refractivity (Wildman–Crippen MR) is 123 cm³/mol. The van der Waals surface area contributed by atoms with Gasteiger partial charge in [-0.25, -0.2) is 4.98 Å². The summed E-state index contributed by atoms with van der Waals surface area (Å²) in [6, 6.07) is 17.0. The van der Waals surface area contributed by atoms with Crippen LogP contribution in [0.5, 0.6) is 0 Å². The molecular weight excluding hydrogens is 441 g/mol. The molecule has 1 aliphatic heterocycles. The number of likely N-dealkylation sites (tertiary alicyclic amines) is 1. The fourth-order valence-corrected chi connectivity index (χ4v) is 4.67. The molecule has 2 heterocycles. The standard InChI is InChI=1S/C26H27F3N4O/c27-26(28,29)23(17-20-7-3-1-4-8-20)33-15-11-25(12-16-33,21-9-5-2-6-10-21)19-32-24(34)22-18-30-13-14-31-22/h1-10,13-14,18,23H,11-12,15-17,19H2,(H,32,34). The molecule has 1 amide bonds. The van der Waals surface area contributed by atoms with E-state index in [1.165, 1.54) is 18.6 Å². The third kappa shape index (κ3) is 5.62. The van der Waals surface area contributed by atoms with Crippen LogP contribution in [0, 0.1) is 0 Å². The van der Waals surface area contributed by atoms with E-state index in [0.29, 0.717) is 24.9 Å².